The fraction of sp³-hybridized carbons (Fsp3) is 0.148. The summed E-state index contributed by atoms with van der Waals surface area (Å²) in [6, 6.07) is 26.0. The van der Waals surface area contributed by atoms with Gasteiger partial charge in [0.05, 0.1) is 11.8 Å². The molecule has 0 aliphatic carbocycles. The van der Waals surface area contributed by atoms with Crippen molar-refractivity contribution in [2.24, 2.45) is 0 Å². The molecule has 0 heterocycles. The molecule has 3 rings (SSSR count). The first kappa shape index (κ1) is 23.8. The van der Waals surface area contributed by atoms with E-state index in [-0.39, 0.29) is 11.6 Å². The van der Waals surface area contributed by atoms with Gasteiger partial charge in [0.1, 0.15) is 5.70 Å². The van der Waals surface area contributed by atoms with Crippen LogP contribution in [0.4, 0.5) is 5.69 Å². The Morgan fingerprint density at radius 3 is 2.24 bits per heavy atom. The molecule has 0 radical (unpaired) electrons. The van der Waals surface area contributed by atoms with Crippen molar-refractivity contribution >= 4 is 35.3 Å². The fourth-order valence-corrected chi connectivity index (χ4v) is 3.59. The van der Waals surface area contributed by atoms with Crippen molar-refractivity contribution < 1.29 is 9.59 Å². The molecule has 0 aromatic heterocycles. The van der Waals surface area contributed by atoms with E-state index in [2.05, 4.69) is 30.6 Å². The highest BCUT2D eigenvalue weighted by molar-refractivity contribution is 7.99. The predicted octanol–water partition coefficient (Wildman–Crippen LogP) is 5.84. The van der Waals surface area contributed by atoms with Crippen molar-refractivity contribution in [1.29, 1.82) is 5.26 Å². The second-order valence-corrected chi connectivity index (χ2v) is 8.67. The molecule has 6 heteroatoms. The van der Waals surface area contributed by atoms with Crippen molar-refractivity contribution in [3.05, 3.63) is 101 Å². The van der Waals surface area contributed by atoms with Gasteiger partial charge in [-0.2, -0.15) is 5.26 Å². The van der Waals surface area contributed by atoms with E-state index in [0.29, 0.717) is 22.9 Å². The van der Waals surface area contributed by atoms with Crippen molar-refractivity contribution in [3.8, 4) is 6.07 Å². The van der Waals surface area contributed by atoms with Gasteiger partial charge in [0, 0.05) is 16.1 Å². The van der Waals surface area contributed by atoms with Crippen LogP contribution in [0, 0.1) is 11.3 Å². The number of anilines is 1. The summed E-state index contributed by atoms with van der Waals surface area (Å²) in [6.07, 6.45) is 1.66. The molecule has 166 valence electrons. The monoisotopic (exact) mass is 455 g/mol. The number of hydrogen-bond acceptors (Lipinski definition) is 4. The molecule has 0 aliphatic heterocycles. The zero-order valence-corrected chi connectivity index (χ0v) is 19.4. The number of amides is 2. The predicted molar refractivity (Wildman–Crippen MR) is 134 cm³/mol. The zero-order valence-electron chi connectivity index (χ0n) is 18.5. The minimum atomic E-state index is -0.426. The minimum Gasteiger partial charge on any atom is -0.321 e. The molecule has 3 aromatic carbocycles. The Morgan fingerprint density at radius 2 is 1.64 bits per heavy atom. The van der Waals surface area contributed by atoms with Gasteiger partial charge in [-0.15, -0.1) is 11.8 Å². The molecule has 33 heavy (non-hydrogen) atoms. The second kappa shape index (κ2) is 11.7. The summed E-state index contributed by atoms with van der Waals surface area (Å²) in [5, 5.41) is 14.3. The van der Waals surface area contributed by atoms with Gasteiger partial charge in [-0.3, -0.25) is 9.59 Å². The summed E-state index contributed by atoms with van der Waals surface area (Å²) in [6.45, 7) is 4.24. The average molecular weight is 456 g/mol. The lowest BCUT2D eigenvalue weighted by molar-refractivity contribution is -0.113. The maximum atomic E-state index is 13.1. The van der Waals surface area contributed by atoms with Gasteiger partial charge in [-0.1, -0.05) is 56.3 Å². The zero-order chi connectivity index (χ0) is 23.6. The quantitative estimate of drug-likeness (QED) is 0.330. The van der Waals surface area contributed by atoms with E-state index in [4.69, 9.17) is 5.26 Å². The van der Waals surface area contributed by atoms with E-state index >= 15 is 0 Å². The number of thioether (sulfide) groups is 1. The van der Waals surface area contributed by atoms with E-state index in [1.807, 2.05) is 42.5 Å². The standard InChI is InChI=1S/C27H25N3O2S/c1-19(2)21-10-8-20(9-11-21)18-25(30-26(31)22-6-4-3-5-7-22)27(32)29-23-12-14-24(15-13-23)33-17-16-28/h3-15,18-19H,17H2,1-2H3,(H,29,32)(H,30,31)/b25-18-. The lowest BCUT2D eigenvalue weighted by Crippen LogP contribution is -2.30. The molecule has 2 N–H and O–H groups in total. The third kappa shape index (κ3) is 7.09. The van der Waals surface area contributed by atoms with Gasteiger partial charge in [0.15, 0.2) is 0 Å². The molecule has 0 saturated heterocycles. The molecule has 0 spiro atoms. The Labute approximate surface area is 198 Å². The first-order chi connectivity index (χ1) is 16.0. The number of nitriles is 1. The van der Waals surface area contributed by atoms with E-state index in [1.165, 1.54) is 17.3 Å². The Balaban J connectivity index is 1.83. The number of rotatable bonds is 8. The van der Waals surface area contributed by atoms with Gasteiger partial charge in [-0.05, 0) is 59.5 Å². The minimum absolute atomic E-state index is 0.143. The SMILES string of the molecule is CC(C)c1ccc(/C=C(\NC(=O)c2ccccc2)C(=O)Nc2ccc(SCC#N)cc2)cc1. The van der Waals surface area contributed by atoms with Crippen LogP contribution in [0.5, 0.6) is 0 Å². The molecule has 3 aromatic rings. The van der Waals surface area contributed by atoms with Crippen LogP contribution in [0.2, 0.25) is 0 Å². The molecule has 0 bridgehead atoms. The highest BCUT2D eigenvalue weighted by atomic mass is 32.2. The number of benzene rings is 3. The Bertz CT molecular complexity index is 1160. The fourth-order valence-electron chi connectivity index (χ4n) is 3.03. The second-order valence-electron chi connectivity index (χ2n) is 7.62. The molecule has 0 unspecified atom stereocenters. The molecule has 0 saturated carbocycles. The van der Waals surface area contributed by atoms with Crippen LogP contribution >= 0.6 is 11.8 Å². The molecule has 0 aliphatic rings. The average Bonchev–Trinajstić information content (AvgIpc) is 2.84. The lowest BCUT2D eigenvalue weighted by Gasteiger charge is -2.12. The smallest absolute Gasteiger partial charge is 0.272 e. The van der Waals surface area contributed by atoms with Crippen LogP contribution in [-0.4, -0.2) is 17.6 Å². The largest absolute Gasteiger partial charge is 0.321 e. The summed E-state index contributed by atoms with van der Waals surface area (Å²) in [4.78, 5) is 26.7. The number of carbonyl (C=O) groups excluding carboxylic acids is 2. The molecular weight excluding hydrogens is 430 g/mol. The normalized spacial score (nSPS) is 11.0. The van der Waals surface area contributed by atoms with E-state index in [9.17, 15) is 9.59 Å². The van der Waals surface area contributed by atoms with Crippen LogP contribution in [0.25, 0.3) is 6.08 Å². The van der Waals surface area contributed by atoms with Crippen LogP contribution in [-0.2, 0) is 4.79 Å². The molecule has 5 nitrogen and oxygen atoms in total. The van der Waals surface area contributed by atoms with E-state index < -0.39 is 5.91 Å². The Kier molecular flexibility index (Phi) is 8.45. The first-order valence-electron chi connectivity index (χ1n) is 10.6. The third-order valence-corrected chi connectivity index (χ3v) is 5.74. The summed E-state index contributed by atoms with van der Waals surface area (Å²) in [7, 11) is 0. The van der Waals surface area contributed by atoms with E-state index in [0.717, 1.165) is 10.5 Å². The molecule has 2 amide bonds. The van der Waals surface area contributed by atoms with Crippen LogP contribution in [0.3, 0.4) is 0 Å². The first-order valence-corrected chi connectivity index (χ1v) is 11.5. The molecule has 0 fully saturated rings. The number of nitrogens with one attached hydrogen (secondary N) is 2. The van der Waals surface area contributed by atoms with Crippen molar-refractivity contribution in [2.45, 2.75) is 24.7 Å². The lowest BCUT2D eigenvalue weighted by atomic mass is 10.0. The Morgan fingerprint density at radius 1 is 0.970 bits per heavy atom. The summed E-state index contributed by atoms with van der Waals surface area (Å²) >= 11 is 1.42. The third-order valence-electron chi connectivity index (χ3n) is 4.86. The van der Waals surface area contributed by atoms with Gasteiger partial charge >= 0.3 is 0 Å². The van der Waals surface area contributed by atoms with Gasteiger partial charge in [0.2, 0.25) is 0 Å². The van der Waals surface area contributed by atoms with Crippen LogP contribution < -0.4 is 10.6 Å². The highest BCUT2D eigenvalue weighted by Crippen LogP contribution is 2.21. The summed E-state index contributed by atoms with van der Waals surface area (Å²) < 4.78 is 0. The highest BCUT2D eigenvalue weighted by Gasteiger charge is 2.15. The number of carbonyl (C=O) groups is 2. The van der Waals surface area contributed by atoms with Crippen LogP contribution in [0.1, 0.15) is 41.3 Å². The number of hydrogen-bond donors (Lipinski definition) is 2. The van der Waals surface area contributed by atoms with E-state index in [1.54, 1.807) is 42.5 Å². The Hall–Kier alpha value is -3.82. The van der Waals surface area contributed by atoms with Crippen LogP contribution in [0.15, 0.2) is 89.5 Å². The topological polar surface area (TPSA) is 82.0 Å². The summed E-state index contributed by atoms with van der Waals surface area (Å²) in [5.74, 6) is -0.0266. The van der Waals surface area contributed by atoms with Gasteiger partial charge < -0.3 is 10.6 Å². The number of nitrogens with zero attached hydrogens (tertiary/aromatic N) is 1. The maximum Gasteiger partial charge on any atom is 0.272 e. The summed E-state index contributed by atoms with van der Waals surface area (Å²) in [5.41, 5.74) is 3.20. The van der Waals surface area contributed by atoms with Gasteiger partial charge in [0.25, 0.3) is 11.8 Å². The van der Waals surface area contributed by atoms with Gasteiger partial charge in [-0.25, -0.2) is 0 Å². The van der Waals surface area contributed by atoms with Crippen molar-refractivity contribution in [1.82, 2.24) is 5.32 Å². The van der Waals surface area contributed by atoms with Crippen molar-refractivity contribution in [2.75, 3.05) is 11.1 Å². The molecule has 0 atom stereocenters. The van der Waals surface area contributed by atoms with Crippen molar-refractivity contribution in [3.63, 3.8) is 0 Å². The maximum absolute atomic E-state index is 13.1. The molecular formula is C27H25N3O2S.